The van der Waals surface area contributed by atoms with E-state index in [4.69, 9.17) is 5.26 Å². The quantitative estimate of drug-likeness (QED) is 0.573. The minimum Gasteiger partial charge on any atom is -0.372 e. The molecule has 0 spiro atoms. The summed E-state index contributed by atoms with van der Waals surface area (Å²) < 4.78 is 2.24. The van der Waals surface area contributed by atoms with Crippen LogP contribution in [0.1, 0.15) is 36.1 Å². The summed E-state index contributed by atoms with van der Waals surface area (Å²) in [5.74, 6) is 0.790. The summed E-state index contributed by atoms with van der Waals surface area (Å²) in [6.45, 7) is 3.12. The van der Waals surface area contributed by atoms with Crippen LogP contribution >= 0.6 is 12.4 Å². The first kappa shape index (κ1) is 21.0. The fraction of sp³-hybridized carbons (Fsp3) is 0.333. The second-order valence-corrected chi connectivity index (χ2v) is 7.63. The lowest BCUT2D eigenvalue weighted by atomic mass is 9.91. The van der Waals surface area contributed by atoms with Gasteiger partial charge in [-0.3, -0.25) is 0 Å². The average Bonchev–Trinajstić information content (AvgIpc) is 3.21. The zero-order valence-electron chi connectivity index (χ0n) is 16.6. The molecule has 0 atom stereocenters. The molecule has 3 aromatic rings. The number of hydrogen-bond donors (Lipinski definition) is 0. The Kier molecular flexibility index (Phi) is 7.32. The largest absolute Gasteiger partial charge is 0.372 e. The van der Waals surface area contributed by atoms with E-state index in [-0.39, 0.29) is 12.4 Å². The van der Waals surface area contributed by atoms with Gasteiger partial charge in [-0.2, -0.15) is 5.26 Å². The predicted molar refractivity (Wildman–Crippen MR) is 119 cm³/mol. The monoisotopic (exact) mass is 406 g/mol. The molecule has 1 aliphatic heterocycles. The van der Waals surface area contributed by atoms with Crippen LogP contribution in [0, 0.1) is 17.2 Å². The van der Waals surface area contributed by atoms with Crippen molar-refractivity contribution in [1.29, 1.82) is 5.26 Å². The number of hydrogen-bond acceptors (Lipinski definition) is 3. The van der Waals surface area contributed by atoms with Gasteiger partial charge in [0.1, 0.15) is 0 Å². The number of aryl methyl sites for hydroxylation is 1. The number of para-hydroxylation sites is 1. The molecule has 1 aromatic heterocycles. The lowest BCUT2D eigenvalue weighted by Gasteiger charge is -2.33. The number of rotatable bonds is 6. The molecule has 1 saturated heterocycles. The number of halogens is 1. The second-order valence-electron chi connectivity index (χ2n) is 7.63. The van der Waals surface area contributed by atoms with E-state index in [0.717, 1.165) is 32.0 Å². The van der Waals surface area contributed by atoms with Crippen molar-refractivity contribution >= 4 is 18.1 Å². The van der Waals surface area contributed by atoms with Crippen LogP contribution in [-0.4, -0.2) is 22.6 Å². The summed E-state index contributed by atoms with van der Waals surface area (Å²) in [7, 11) is 0. The van der Waals surface area contributed by atoms with Crippen molar-refractivity contribution in [2.45, 2.75) is 32.2 Å². The first-order chi connectivity index (χ1) is 13.8. The summed E-state index contributed by atoms with van der Waals surface area (Å²) in [6.07, 6.45) is 8.75. The Hall–Kier alpha value is -2.77. The van der Waals surface area contributed by atoms with Gasteiger partial charge in [0.25, 0.3) is 0 Å². The molecular formula is C24H27ClN4. The average molecular weight is 407 g/mol. The van der Waals surface area contributed by atoms with E-state index in [1.54, 1.807) is 0 Å². The maximum absolute atomic E-state index is 8.94. The van der Waals surface area contributed by atoms with Crippen LogP contribution in [0.15, 0.2) is 67.1 Å². The Morgan fingerprint density at radius 2 is 1.72 bits per heavy atom. The van der Waals surface area contributed by atoms with Gasteiger partial charge >= 0.3 is 0 Å². The molecule has 1 aliphatic rings. The van der Waals surface area contributed by atoms with E-state index < -0.39 is 0 Å². The van der Waals surface area contributed by atoms with Crippen LogP contribution < -0.4 is 4.90 Å². The zero-order chi connectivity index (χ0) is 19.2. The number of nitrogens with zero attached hydrogens (tertiary/aromatic N) is 4. The van der Waals surface area contributed by atoms with Gasteiger partial charge in [0.15, 0.2) is 0 Å². The van der Waals surface area contributed by atoms with E-state index >= 15 is 0 Å². The van der Waals surface area contributed by atoms with Crippen LogP contribution in [0.5, 0.6) is 0 Å². The maximum atomic E-state index is 8.94. The van der Waals surface area contributed by atoms with Crippen LogP contribution in [0.4, 0.5) is 5.69 Å². The van der Waals surface area contributed by atoms with Gasteiger partial charge in [0.05, 0.1) is 18.0 Å². The molecule has 0 N–H and O–H groups in total. The van der Waals surface area contributed by atoms with Crippen molar-refractivity contribution in [3.05, 3.63) is 83.9 Å². The van der Waals surface area contributed by atoms with Crippen LogP contribution in [-0.2, 0) is 13.0 Å². The molecule has 0 bridgehead atoms. The lowest BCUT2D eigenvalue weighted by molar-refractivity contribution is 0.379. The normalized spacial score (nSPS) is 14.2. The molecule has 0 amide bonds. The first-order valence-corrected chi connectivity index (χ1v) is 10.1. The minimum atomic E-state index is 0. The number of anilines is 1. The fourth-order valence-electron chi connectivity index (χ4n) is 4.05. The van der Waals surface area contributed by atoms with Gasteiger partial charge < -0.3 is 9.47 Å². The zero-order valence-corrected chi connectivity index (χ0v) is 17.4. The van der Waals surface area contributed by atoms with Crippen molar-refractivity contribution in [2.75, 3.05) is 18.0 Å². The molecule has 0 saturated carbocycles. The molecule has 4 rings (SSSR count). The number of imidazole rings is 1. The summed E-state index contributed by atoms with van der Waals surface area (Å²) in [5, 5.41) is 8.94. The van der Waals surface area contributed by atoms with Crippen LogP contribution in [0.2, 0.25) is 0 Å². The van der Waals surface area contributed by atoms with E-state index in [9.17, 15) is 0 Å². The van der Waals surface area contributed by atoms with Gasteiger partial charge in [-0.25, -0.2) is 4.98 Å². The van der Waals surface area contributed by atoms with Gasteiger partial charge in [-0.15, -0.1) is 12.4 Å². The fourth-order valence-corrected chi connectivity index (χ4v) is 4.05. The molecule has 0 aliphatic carbocycles. The Bertz CT molecular complexity index is 920. The molecule has 2 heterocycles. The van der Waals surface area contributed by atoms with Crippen molar-refractivity contribution in [1.82, 2.24) is 9.55 Å². The third-order valence-electron chi connectivity index (χ3n) is 5.78. The number of nitriles is 1. The highest BCUT2D eigenvalue weighted by atomic mass is 35.5. The van der Waals surface area contributed by atoms with Crippen molar-refractivity contribution in [3.8, 4) is 6.07 Å². The van der Waals surface area contributed by atoms with Gasteiger partial charge in [0.2, 0.25) is 0 Å². The van der Waals surface area contributed by atoms with Gasteiger partial charge in [0, 0.05) is 37.2 Å². The summed E-state index contributed by atoms with van der Waals surface area (Å²) >= 11 is 0. The molecule has 150 valence electrons. The highest BCUT2D eigenvalue weighted by Crippen LogP contribution is 2.26. The van der Waals surface area contributed by atoms with Crippen LogP contribution in [0.3, 0.4) is 0 Å². The number of benzene rings is 2. The lowest BCUT2D eigenvalue weighted by Crippen LogP contribution is -2.33. The third-order valence-corrected chi connectivity index (χ3v) is 5.78. The molecule has 4 nitrogen and oxygen atoms in total. The number of aromatic nitrogens is 2. The highest BCUT2D eigenvalue weighted by Gasteiger charge is 2.19. The Balaban J connectivity index is 0.00000240. The van der Waals surface area contributed by atoms with E-state index in [1.165, 1.54) is 36.2 Å². The molecular weight excluding hydrogens is 380 g/mol. The molecule has 2 aromatic carbocycles. The van der Waals surface area contributed by atoms with Crippen molar-refractivity contribution in [3.63, 3.8) is 0 Å². The van der Waals surface area contributed by atoms with E-state index in [1.807, 2.05) is 36.8 Å². The molecule has 0 radical (unpaired) electrons. The van der Waals surface area contributed by atoms with Gasteiger partial charge in [-0.1, -0.05) is 30.3 Å². The standard InChI is InChI=1S/C24H26N4.ClH/c25-16-21-6-8-22(9-7-21)18-28-19-26-17-24(28)11-10-20-12-14-27(15-13-20)23-4-2-1-3-5-23;/h1-9,17,19-20H,10-15,18H2;1H. The van der Waals surface area contributed by atoms with E-state index in [2.05, 4.69) is 50.9 Å². The predicted octanol–water partition coefficient (Wildman–Crippen LogP) is 5.07. The van der Waals surface area contributed by atoms with Gasteiger partial charge in [-0.05, 0) is 61.4 Å². The second kappa shape index (κ2) is 10.1. The summed E-state index contributed by atoms with van der Waals surface area (Å²) in [6, 6.07) is 20.7. The molecule has 5 heteroatoms. The van der Waals surface area contributed by atoms with Crippen LogP contribution in [0.25, 0.3) is 0 Å². The topological polar surface area (TPSA) is 44.9 Å². The van der Waals surface area contributed by atoms with Crippen molar-refractivity contribution < 1.29 is 0 Å². The summed E-state index contributed by atoms with van der Waals surface area (Å²) in [4.78, 5) is 6.88. The molecule has 29 heavy (non-hydrogen) atoms. The summed E-state index contributed by atoms with van der Waals surface area (Å²) in [5.41, 5.74) is 4.56. The molecule has 0 unspecified atom stereocenters. The number of piperidine rings is 1. The van der Waals surface area contributed by atoms with Crippen molar-refractivity contribution in [2.24, 2.45) is 5.92 Å². The Morgan fingerprint density at radius 1 is 1.00 bits per heavy atom. The highest BCUT2D eigenvalue weighted by molar-refractivity contribution is 5.85. The Labute approximate surface area is 179 Å². The smallest absolute Gasteiger partial charge is 0.0991 e. The van der Waals surface area contributed by atoms with E-state index in [0.29, 0.717) is 5.56 Å². The minimum absolute atomic E-state index is 0. The third kappa shape index (κ3) is 5.40. The first-order valence-electron chi connectivity index (χ1n) is 10.1. The Morgan fingerprint density at radius 3 is 2.41 bits per heavy atom. The maximum Gasteiger partial charge on any atom is 0.0991 e. The molecule has 1 fully saturated rings. The SMILES string of the molecule is Cl.N#Cc1ccc(Cn2cncc2CCC2CCN(c3ccccc3)CC2)cc1.